The Balaban J connectivity index is 2.13. The Morgan fingerprint density at radius 2 is 2.00 bits per heavy atom. The van der Waals surface area contributed by atoms with Crippen LogP contribution in [0.25, 0.3) is 0 Å². The Labute approximate surface area is 91.3 Å². The van der Waals surface area contributed by atoms with E-state index < -0.39 is 5.60 Å². The molecule has 1 aromatic carbocycles. The highest BCUT2D eigenvalue weighted by Crippen LogP contribution is 2.29. The van der Waals surface area contributed by atoms with Crippen LogP contribution in [0.3, 0.4) is 0 Å². The summed E-state index contributed by atoms with van der Waals surface area (Å²) in [4.78, 5) is 0. The van der Waals surface area contributed by atoms with Gasteiger partial charge in [0.25, 0.3) is 0 Å². The summed E-state index contributed by atoms with van der Waals surface area (Å²) in [6.45, 7) is 4.91. The summed E-state index contributed by atoms with van der Waals surface area (Å²) in [5.41, 5.74) is 2.04. The molecule has 1 heterocycles. The lowest BCUT2D eigenvalue weighted by Crippen LogP contribution is -2.41. The van der Waals surface area contributed by atoms with Crippen LogP contribution in [0.15, 0.2) is 24.3 Å². The molecule has 2 nitrogen and oxygen atoms in total. The van der Waals surface area contributed by atoms with Crippen molar-refractivity contribution in [1.29, 1.82) is 0 Å². The van der Waals surface area contributed by atoms with Crippen LogP contribution in [-0.4, -0.2) is 17.3 Å². The molecule has 0 saturated carbocycles. The zero-order valence-electron chi connectivity index (χ0n) is 9.46. The van der Waals surface area contributed by atoms with Crippen LogP contribution in [0.5, 0.6) is 0 Å². The Kier molecular flexibility index (Phi) is 2.81. The second-order valence-electron chi connectivity index (χ2n) is 4.87. The van der Waals surface area contributed by atoms with Crippen molar-refractivity contribution in [2.24, 2.45) is 0 Å². The molecular weight excluding hydrogens is 186 g/mol. The Morgan fingerprint density at radius 1 is 1.33 bits per heavy atom. The first-order chi connectivity index (χ1) is 7.07. The van der Waals surface area contributed by atoms with E-state index >= 15 is 0 Å². The quantitative estimate of drug-likeness (QED) is 0.736. The van der Waals surface area contributed by atoms with Gasteiger partial charge in [0.05, 0.1) is 5.60 Å². The second-order valence-corrected chi connectivity index (χ2v) is 4.87. The Morgan fingerprint density at radius 3 is 2.60 bits per heavy atom. The van der Waals surface area contributed by atoms with E-state index in [-0.39, 0.29) is 0 Å². The molecule has 1 aliphatic rings. The highest BCUT2D eigenvalue weighted by Gasteiger charge is 2.30. The molecule has 82 valence electrons. The minimum atomic E-state index is -0.513. The van der Waals surface area contributed by atoms with Crippen molar-refractivity contribution < 1.29 is 5.11 Å². The standard InChI is InChI=1S/C13H19NO/c1-10-3-5-11(6-4-10)12-9-13(2,15)7-8-14-12/h3-6,12,14-15H,7-9H2,1-2H3. The van der Waals surface area contributed by atoms with E-state index in [0.717, 1.165) is 19.4 Å². The molecule has 1 saturated heterocycles. The van der Waals surface area contributed by atoms with Gasteiger partial charge in [0.1, 0.15) is 0 Å². The van der Waals surface area contributed by atoms with Crippen LogP contribution in [0.2, 0.25) is 0 Å². The zero-order chi connectivity index (χ0) is 10.9. The van der Waals surface area contributed by atoms with Crippen LogP contribution < -0.4 is 5.32 Å². The van der Waals surface area contributed by atoms with Crippen LogP contribution in [0.4, 0.5) is 0 Å². The summed E-state index contributed by atoms with van der Waals surface area (Å²) in [5.74, 6) is 0. The molecular formula is C13H19NO. The van der Waals surface area contributed by atoms with Crippen molar-refractivity contribution >= 4 is 0 Å². The van der Waals surface area contributed by atoms with E-state index in [9.17, 15) is 5.11 Å². The first kappa shape index (κ1) is 10.7. The third kappa shape index (κ3) is 2.58. The SMILES string of the molecule is Cc1ccc(C2CC(C)(O)CCN2)cc1. The van der Waals surface area contributed by atoms with Gasteiger partial charge in [-0.1, -0.05) is 29.8 Å². The lowest BCUT2D eigenvalue weighted by atomic mass is 9.86. The van der Waals surface area contributed by atoms with Gasteiger partial charge in [-0.2, -0.15) is 0 Å². The third-order valence-electron chi connectivity index (χ3n) is 3.18. The predicted octanol–water partition coefficient (Wildman–Crippen LogP) is 2.17. The van der Waals surface area contributed by atoms with Gasteiger partial charge in [0.15, 0.2) is 0 Å². The van der Waals surface area contributed by atoms with Crippen molar-refractivity contribution in [3.05, 3.63) is 35.4 Å². The molecule has 2 atom stereocenters. The first-order valence-corrected chi connectivity index (χ1v) is 5.59. The largest absolute Gasteiger partial charge is 0.390 e. The molecule has 1 aromatic rings. The molecule has 0 bridgehead atoms. The monoisotopic (exact) mass is 205 g/mol. The van der Waals surface area contributed by atoms with E-state index in [1.807, 2.05) is 6.92 Å². The summed E-state index contributed by atoms with van der Waals surface area (Å²) in [6, 6.07) is 8.85. The van der Waals surface area contributed by atoms with Crippen molar-refractivity contribution in [3.8, 4) is 0 Å². The first-order valence-electron chi connectivity index (χ1n) is 5.59. The maximum absolute atomic E-state index is 10.0. The summed E-state index contributed by atoms with van der Waals surface area (Å²) >= 11 is 0. The fourth-order valence-electron chi connectivity index (χ4n) is 2.16. The molecule has 1 fully saturated rings. The minimum Gasteiger partial charge on any atom is -0.390 e. The van der Waals surface area contributed by atoms with Gasteiger partial charge >= 0.3 is 0 Å². The molecule has 0 aliphatic carbocycles. The van der Waals surface area contributed by atoms with Gasteiger partial charge in [0, 0.05) is 6.04 Å². The van der Waals surface area contributed by atoms with E-state index in [1.165, 1.54) is 11.1 Å². The summed E-state index contributed by atoms with van der Waals surface area (Å²) in [6.07, 6.45) is 1.64. The van der Waals surface area contributed by atoms with Gasteiger partial charge in [-0.3, -0.25) is 0 Å². The molecule has 0 spiro atoms. The fourth-order valence-corrected chi connectivity index (χ4v) is 2.16. The maximum atomic E-state index is 10.0. The lowest BCUT2D eigenvalue weighted by Gasteiger charge is -2.35. The number of nitrogens with one attached hydrogen (secondary N) is 1. The molecule has 1 aliphatic heterocycles. The van der Waals surface area contributed by atoms with Gasteiger partial charge in [-0.15, -0.1) is 0 Å². The topological polar surface area (TPSA) is 32.3 Å². The fraction of sp³-hybridized carbons (Fsp3) is 0.538. The zero-order valence-corrected chi connectivity index (χ0v) is 9.46. The highest BCUT2D eigenvalue weighted by molar-refractivity contribution is 5.24. The average Bonchev–Trinajstić information content (AvgIpc) is 2.17. The Bertz CT molecular complexity index is 329. The number of aryl methyl sites for hydroxylation is 1. The number of piperidine rings is 1. The number of rotatable bonds is 1. The lowest BCUT2D eigenvalue weighted by molar-refractivity contribution is 0.0132. The van der Waals surface area contributed by atoms with E-state index in [0.29, 0.717) is 6.04 Å². The third-order valence-corrected chi connectivity index (χ3v) is 3.18. The molecule has 15 heavy (non-hydrogen) atoms. The second kappa shape index (κ2) is 3.95. The molecule has 2 unspecified atom stereocenters. The van der Waals surface area contributed by atoms with E-state index in [1.54, 1.807) is 0 Å². The summed E-state index contributed by atoms with van der Waals surface area (Å²) < 4.78 is 0. The van der Waals surface area contributed by atoms with E-state index in [2.05, 4.69) is 36.5 Å². The smallest absolute Gasteiger partial charge is 0.0650 e. The number of hydrogen-bond acceptors (Lipinski definition) is 2. The van der Waals surface area contributed by atoms with Crippen LogP contribution in [-0.2, 0) is 0 Å². The molecule has 0 amide bonds. The Hall–Kier alpha value is -0.860. The average molecular weight is 205 g/mol. The van der Waals surface area contributed by atoms with Gasteiger partial charge in [0.2, 0.25) is 0 Å². The number of hydrogen-bond donors (Lipinski definition) is 2. The number of benzene rings is 1. The molecule has 2 heteroatoms. The van der Waals surface area contributed by atoms with Crippen LogP contribution in [0.1, 0.15) is 36.9 Å². The molecule has 2 N–H and O–H groups in total. The van der Waals surface area contributed by atoms with Crippen molar-refractivity contribution in [3.63, 3.8) is 0 Å². The minimum absolute atomic E-state index is 0.300. The van der Waals surface area contributed by atoms with Gasteiger partial charge in [-0.25, -0.2) is 0 Å². The summed E-state index contributed by atoms with van der Waals surface area (Å²) in [5, 5.41) is 13.5. The summed E-state index contributed by atoms with van der Waals surface area (Å²) in [7, 11) is 0. The predicted molar refractivity (Wildman–Crippen MR) is 61.8 cm³/mol. The maximum Gasteiger partial charge on any atom is 0.0650 e. The van der Waals surface area contributed by atoms with Crippen molar-refractivity contribution in [2.75, 3.05) is 6.54 Å². The van der Waals surface area contributed by atoms with Gasteiger partial charge in [-0.05, 0) is 38.8 Å². The van der Waals surface area contributed by atoms with Crippen LogP contribution in [0, 0.1) is 6.92 Å². The highest BCUT2D eigenvalue weighted by atomic mass is 16.3. The number of aliphatic hydroxyl groups is 1. The van der Waals surface area contributed by atoms with Crippen molar-refractivity contribution in [1.82, 2.24) is 5.32 Å². The van der Waals surface area contributed by atoms with Crippen molar-refractivity contribution in [2.45, 2.75) is 38.3 Å². The van der Waals surface area contributed by atoms with Crippen LogP contribution >= 0.6 is 0 Å². The van der Waals surface area contributed by atoms with Gasteiger partial charge < -0.3 is 10.4 Å². The normalized spacial score (nSPS) is 31.5. The molecule has 0 aromatic heterocycles. The van der Waals surface area contributed by atoms with E-state index in [4.69, 9.17) is 0 Å². The molecule has 2 rings (SSSR count). The molecule has 0 radical (unpaired) electrons.